The molecule has 0 aliphatic carbocycles. The van der Waals surface area contributed by atoms with Gasteiger partial charge in [-0.05, 0) is 112 Å². The number of phenolic OH excluding ortho intramolecular Hbond substituents is 1. The lowest BCUT2D eigenvalue weighted by molar-refractivity contribution is -0.114. The van der Waals surface area contributed by atoms with Crippen molar-refractivity contribution in [3.05, 3.63) is 69.0 Å². The van der Waals surface area contributed by atoms with Crippen molar-refractivity contribution in [3.8, 4) is 11.5 Å². The molecular formula is C38H46F2N8O5S2. The van der Waals surface area contributed by atoms with Gasteiger partial charge in [0.25, 0.3) is 11.8 Å². The predicted octanol–water partition coefficient (Wildman–Crippen LogP) is 5.80. The molecule has 3 saturated heterocycles. The van der Waals surface area contributed by atoms with Crippen LogP contribution in [0.25, 0.3) is 12.2 Å². The molecule has 2 aromatic carbocycles. The minimum atomic E-state index is -0.519. The first-order chi connectivity index (χ1) is 26.6. The van der Waals surface area contributed by atoms with E-state index in [0.717, 1.165) is 83.9 Å². The number of hydrogen-bond acceptors (Lipinski definition) is 12. The number of likely N-dealkylation sites (tertiary alicyclic amines) is 1. The zero-order valence-corrected chi connectivity index (χ0v) is 32.6. The molecule has 0 aromatic heterocycles. The Morgan fingerprint density at radius 2 is 1.36 bits per heavy atom. The van der Waals surface area contributed by atoms with E-state index in [1.807, 2.05) is 10.0 Å². The fraction of sp³-hybridized carbons (Fsp3) is 0.447. The van der Waals surface area contributed by atoms with Gasteiger partial charge in [-0.3, -0.25) is 19.6 Å². The summed E-state index contributed by atoms with van der Waals surface area (Å²) in [7, 11) is 0. The van der Waals surface area contributed by atoms with Gasteiger partial charge in [0.2, 0.25) is 0 Å². The summed E-state index contributed by atoms with van der Waals surface area (Å²) < 4.78 is 32.6. The molecule has 7 rings (SSSR count). The van der Waals surface area contributed by atoms with Gasteiger partial charge >= 0.3 is 6.09 Å². The van der Waals surface area contributed by atoms with Gasteiger partial charge in [-0.2, -0.15) is 9.98 Å². The maximum Gasteiger partial charge on any atom is 0.415 e. The van der Waals surface area contributed by atoms with E-state index in [0.29, 0.717) is 50.4 Å². The van der Waals surface area contributed by atoms with Crippen molar-refractivity contribution >= 4 is 63.9 Å². The summed E-state index contributed by atoms with van der Waals surface area (Å²) in [5.41, 5.74) is 7.29. The number of ether oxygens (including phenoxy) is 1. The van der Waals surface area contributed by atoms with Crippen molar-refractivity contribution in [3.63, 3.8) is 0 Å². The van der Waals surface area contributed by atoms with Gasteiger partial charge in [0.15, 0.2) is 10.3 Å². The summed E-state index contributed by atoms with van der Waals surface area (Å²) in [4.78, 5) is 50.3. The largest absolute Gasteiger partial charge is 0.507 e. The molecule has 2 aromatic rings. The van der Waals surface area contributed by atoms with Gasteiger partial charge in [0.1, 0.15) is 23.1 Å². The third-order valence-electron chi connectivity index (χ3n) is 9.69. The fourth-order valence-corrected chi connectivity index (χ4v) is 8.50. The van der Waals surface area contributed by atoms with Crippen LogP contribution < -0.4 is 15.6 Å². The monoisotopic (exact) mass is 796 g/mol. The first-order valence-electron chi connectivity index (χ1n) is 18.7. The molecule has 3 N–H and O–H groups in total. The van der Waals surface area contributed by atoms with Crippen molar-refractivity contribution in [1.82, 2.24) is 30.7 Å². The van der Waals surface area contributed by atoms with E-state index in [1.165, 1.54) is 59.9 Å². The molecule has 5 heterocycles. The second kappa shape index (κ2) is 19.0. The second-order valence-electron chi connectivity index (χ2n) is 13.3. The average molecular weight is 797 g/mol. The average Bonchev–Trinajstić information content (AvgIpc) is 3.76. The number of hydrazine groups is 2. The van der Waals surface area contributed by atoms with Crippen LogP contribution in [-0.2, 0) is 9.59 Å². The second-order valence-corrected chi connectivity index (χ2v) is 15.4. The molecule has 0 radical (unpaired) electrons. The minimum absolute atomic E-state index is 0.0984. The van der Waals surface area contributed by atoms with Crippen molar-refractivity contribution in [2.75, 3.05) is 52.4 Å². The number of hydrogen-bond donors (Lipinski definition) is 3. The van der Waals surface area contributed by atoms with Crippen molar-refractivity contribution in [2.45, 2.75) is 58.4 Å². The molecule has 0 bridgehead atoms. The maximum atomic E-state index is 14.0. The Labute approximate surface area is 327 Å². The minimum Gasteiger partial charge on any atom is -0.507 e. The Bertz CT molecular complexity index is 1870. The molecule has 0 spiro atoms. The number of nitrogens with zero attached hydrogens (tertiary/aromatic N) is 6. The molecular weight excluding hydrogens is 751 g/mol. The summed E-state index contributed by atoms with van der Waals surface area (Å²) in [6.45, 7) is 10.8. The number of carbonyl (C=O) groups is 3. The normalized spacial score (nSPS) is 20.9. The number of nitrogens with one attached hydrogen (secondary N) is 2. The van der Waals surface area contributed by atoms with Crippen LogP contribution in [0, 0.1) is 11.6 Å². The van der Waals surface area contributed by atoms with Gasteiger partial charge in [0, 0.05) is 68.6 Å². The highest BCUT2D eigenvalue weighted by molar-refractivity contribution is 8.18. The lowest BCUT2D eigenvalue weighted by Crippen LogP contribution is -2.47. The van der Waals surface area contributed by atoms with E-state index >= 15 is 0 Å². The summed E-state index contributed by atoms with van der Waals surface area (Å²) in [6, 6.07) is 8.14. The fourth-order valence-electron chi connectivity index (χ4n) is 6.68. The summed E-state index contributed by atoms with van der Waals surface area (Å²) in [5.74, 6) is -1.82. The topological polar surface area (TPSA) is 142 Å². The quantitative estimate of drug-likeness (QED) is 0.304. The lowest BCUT2D eigenvalue weighted by Gasteiger charge is -2.37. The molecule has 294 valence electrons. The summed E-state index contributed by atoms with van der Waals surface area (Å²) in [6.07, 6.45) is 8.69. The lowest BCUT2D eigenvalue weighted by atomic mass is 10.0. The number of halogens is 2. The first kappa shape index (κ1) is 40.4. The van der Waals surface area contributed by atoms with Crippen LogP contribution in [0.15, 0.2) is 56.2 Å². The maximum absolute atomic E-state index is 14.0. The Balaban J connectivity index is 0.000000209. The molecule has 0 atom stereocenters. The van der Waals surface area contributed by atoms with Crippen LogP contribution >= 0.6 is 23.5 Å². The number of rotatable bonds is 6. The number of piperidine rings is 1. The number of amidine groups is 2. The number of thioether (sulfide) groups is 2. The molecule has 5 aliphatic rings. The van der Waals surface area contributed by atoms with Gasteiger partial charge < -0.3 is 19.6 Å². The molecule has 3 amide bonds. The SMILES string of the molecule is CCN(CC)C1CCN(C(=O)Oc2cc(F)ccc2/C=C2/SC(N3CCCCN3)=NC2=O)CC1.O=C1N=C(N2CCCCN2)S/C1=C\c1ccc(F)cc1O. The Morgan fingerprint density at radius 1 is 0.836 bits per heavy atom. The number of amides is 3. The molecule has 3 fully saturated rings. The van der Waals surface area contributed by atoms with Crippen LogP contribution in [-0.4, -0.2) is 112 Å². The predicted molar refractivity (Wildman–Crippen MR) is 212 cm³/mol. The smallest absolute Gasteiger partial charge is 0.415 e. The van der Waals surface area contributed by atoms with E-state index in [4.69, 9.17) is 4.74 Å². The standard InChI is InChI=1S/C24H32FN5O3S.C14H14FN3O2S/c1-3-28(4-2)19-9-13-29(14-10-19)24(32)33-20-16-18(25)8-7-17(20)15-21-22(31)27-23(34-21)30-12-6-5-11-26-30;15-10-4-3-9(11(19)8-10)7-12-13(20)17-14(21-12)18-6-2-1-5-16-18/h7-8,15-16,19,26H,3-6,9-14H2,1-2H3;3-4,7-8,16,19H,1-2,5-6H2/b21-15+;12-7-. The zero-order chi connectivity index (χ0) is 38.9. The van der Waals surface area contributed by atoms with E-state index in [1.54, 1.807) is 11.0 Å². The number of aromatic hydroxyl groups is 1. The Hall–Kier alpha value is -4.29. The molecule has 5 aliphatic heterocycles. The third-order valence-corrected chi connectivity index (χ3v) is 11.7. The van der Waals surface area contributed by atoms with E-state index in [-0.39, 0.29) is 23.3 Å². The third kappa shape index (κ3) is 10.5. The van der Waals surface area contributed by atoms with Crippen LogP contribution in [0.2, 0.25) is 0 Å². The molecule has 0 unspecified atom stereocenters. The van der Waals surface area contributed by atoms with E-state index in [9.17, 15) is 28.3 Å². The van der Waals surface area contributed by atoms with E-state index in [2.05, 4.69) is 39.6 Å². The van der Waals surface area contributed by atoms with Crippen molar-refractivity contribution < 1.29 is 33.0 Å². The number of carbonyl (C=O) groups excluding carboxylic acids is 3. The van der Waals surface area contributed by atoms with Crippen LogP contribution in [0.5, 0.6) is 11.5 Å². The van der Waals surface area contributed by atoms with Crippen LogP contribution in [0.1, 0.15) is 63.5 Å². The molecule has 55 heavy (non-hydrogen) atoms. The number of phenols is 1. The van der Waals surface area contributed by atoms with Gasteiger partial charge in [0.05, 0.1) is 9.81 Å². The van der Waals surface area contributed by atoms with Gasteiger partial charge in [-0.1, -0.05) is 13.8 Å². The molecule has 17 heteroatoms. The highest BCUT2D eigenvalue weighted by atomic mass is 32.2. The van der Waals surface area contributed by atoms with Gasteiger partial charge in [-0.25, -0.2) is 24.4 Å². The first-order valence-corrected chi connectivity index (χ1v) is 20.3. The molecule has 0 saturated carbocycles. The van der Waals surface area contributed by atoms with E-state index < -0.39 is 17.7 Å². The number of aliphatic imine (C=N–C) groups is 2. The molecule has 13 nitrogen and oxygen atoms in total. The number of benzene rings is 2. The van der Waals surface area contributed by atoms with Crippen LogP contribution in [0.4, 0.5) is 13.6 Å². The Morgan fingerprint density at radius 3 is 1.87 bits per heavy atom. The Kier molecular flexibility index (Phi) is 14.0. The van der Waals surface area contributed by atoms with Crippen molar-refractivity contribution in [2.24, 2.45) is 9.98 Å². The van der Waals surface area contributed by atoms with Crippen LogP contribution in [0.3, 0.4) is 0 Å². The highest BCUT2D eigenvalue weighted by Gasteiger charge is 2.30. The van der Waals surface area contributed by atoms with Gasteiger partial charge in [-0.15, -0.1) is 0 Å². The summed E-state index contributed by atoms with van der Waals surface area (Å²) in [5, 5.41) is 14.7. The zero-order valence-electron chi connectivity index (χ0n) is 30.9. The summed E-state index contributed by atoms with van der Waals surface area (Å²) >= 11 is 2.52. The van der Waals surface area contributed by atoms with Crippen molar-refractivity contribution in [1.29, 1.82) is 0 Å². The highest BCUT2D eigenvalue weighted by Crippen LogP contribution is 2.34.